The molecule has 2 aliphatic rings. The lowest BCUT2D eigenvalue weighted by atomic mass is 9.68. The van der Waals surface area contributed by atoms with E-state index in [0.717, 1.165) is 48.3 Å². The van der Waals surface area contributed by atoms with Crippen molar-refractivity contribution in [2.45, 2.75) is 69.9 Å². The van der Waals surface area contributed by atoms with Gasteiger partial charge in [-0.25, -0.2) is 9.67 Å². The van der Waals surface area contributed by atoms with Gasteiger partial charge >= 0.3 is 0 Å². The summed E-state index contributed by atoms with van der Waals surface area (Å²) in [5, 5.41) is 6.12. The van der Waals surface area contributed by atoms with Gasteiger partial charge in [0.2, 0.25) is 0 Å². The first-order valence-corrected chi connectivity index (χ1v) is 12.9. The third kappa shape index (κ3) is 4.46. The molecule has 0 radical (unpaired) electrons. The number of hydrogen-bond acceptors (Lipinski definition) is 4. The fourth-order valence-corrected chi connectivity index (χ4v) is 5.66. The Hall–Kier alpha value is -2.44. The Morgan fingerprint density at radius 2 is 1.97 bits per heavy atom. The molecule has 2 fully saturated rings. The number of pyridine rings is 1. The lowest BCUT2D eigenvalue weighted by Gasteiger charge is -2.43. The van der Waals surface area contributed by atoms with Crippen molar-refractivity contribution in [3.05, 3.63) is 58.9 Å². The van der Waals surface area contributed by atoms with E-state index in [-0.39, 0.29) is 23.4 Å². The van der Waals surface area contributed by atoms with E-state index < -0.39 is 0 Å². The van der Waals surface area contributed by atoms with Crippen molar-refractivity contribution in [1.29, 1.82) is 0 Å². The summed E-state index contributed by atoms with van der Waals surface area (Å²) >= 11 is 6.29. The molecule has 2 N–H and O–H groups in total. The Balaban J connectivity index is 1.37. The minimum atomic E-state index is -0.0679. The number of carbonyl (C=O) groups is 1. The number of carbonyl (C=O) groups excluding carboxylic acids is 1. The van der Waals surface area contributed by atoms with Gasteiger partial charge in [-0.05, 0) is 82.1 Å². The molecular weight excluding hydrogens is 446 g/mol. The van der Waals surface area contributed by atoms with Crippen LogP contribution in [0.15, 0.2) is 42.7 Å². The van der Waals surface area contributed by atoms with Crippen LogP contribution in [0.4, 0.5) is 0 Å². The minimum absolute atomic E-state index is 0.0679. The summed E-state index contributed by atoms with van der Waals surface area (Å²) in [6.45, 7) is 5.59. The molecule has 34 heavy (non-hydrogen) atoms. The second-order valence-electron chi connectivity index (χ2n) is 10.4. The first-order chi connectivity index (χ1) is 16.4. The molecule has 6 nitrogen and oxygen atoms in total. The van der Waals surface area contributed by atoms with E-state index in [0.29, 0.717) is 18.0 Å². The predicted octanol–water partition coefficient (Wildman–Crippen LogP) is 5.36. The molecule has 1 amide bonds. The maximum atomic E-state index is 13.8. The summed E-state index contributed by atoms with van der Waals surface area (Å²) < 4.78 is 1.90. The standard InChI is InChI=1S/C27H34ClN5O/c1-18(2)33-25-20(15-31-33)12-21(14-30-25)26(34)32(16-19-6-7-19)24-8-10-27(17-29,11-9-24)22-4-3-5-23(28)13-22/h3-5,12-15,18-19,24H,6-11,16-17,29H2,1-2H3/t24-,27-. The van der Waals surface area contributed by atoms with E-state index in [1.54, 1.807) is 6.20 Å². The molecule has 1 aromatic carbocycles. The highest BCUT2D eigenvalue weighted by Crippen LogP contribution is 2.42. The second kappa shape index (κ2) is 9.31. The second-order valence-corrected chi connectivity index (χ2v) is 10.9. The van der Waals surface area contributed by atoms with Crippen molar-refractivity contribution >= 4 is 28.5 Å². The van der Waals surface area contributed by atoms with Crippen molar-refractivity contribution < 1.29 is 4.79 Å². The highest BCUT2D eigenvalue weighted by Gasteiger charge is 2.40. The molecule has 7 heteroatoms. The van der Waals surface area contributed by atoms with Crippen LogP contribution in [0.25, 0.3) is 11.0 Å². The fraction of sp³-hybridized carbons (Fsp3) is 0.519. The molecule has 5 rings (SSSR count). The van der Waals surface area contributed by atoms with Crippen LogP contribution in [0.3, 0.4) is 0 Å². The third-order valence-corrected chi connectivity index (χ3v) is 8.00. The third-order valence-electron chi connectivity index (χ3n) is 7.76. The Kier molecular flexibility index (Phi) is 6.38. The van der Waals surface area contributed by atoms with Crippen LogP contribution < -0.4 is 5.73 Å². The normalized spacial score (nSPS) is 22.9. The average molecular weight is 480 g/mol. The van der Waals surface area contributed by atoms with Crippen LogP contribution in [0.5, 0.6) is 0 Å². The highest BCUT2D eigenvalue weighted by molar-refractivity contribution is 6.30. The monoisotopic (exact) mass is 479 g/mol. The van der Waals surface area contributed by atoms with Crippen molar-refractivity contribution in [2.24, 2.45) is 11.7 Å². The summed E-state index contributed by atoms with van der Waals surface area (Å²) in [7, 11) is 0. The van der Waals surface area contributed by atoms with E-state index in [9.17, 15) is 4.79 Å². The van der Waals surface area contributed by atoms with Crippen LogP contribution in [0.2, 0.25) is 5.02 Å². The maximum Gasteiger partial charge on any atom is 0.255 e. The zero-order valence-electron chi connectivity index (χ0n) is 20.1. The summed E-state index contributed by atoms with van der Waals surface area (Å²) in [5.41, 5.74) is 8.95. The van der Waals surface area contributed by atoms with Crippen LogP contribution in [0, 0.1) is 5.92 Å². The molecule has 3 aromatic rings. The van der Waals surface area contributed by atoms with Gasteiger partial charge < -0.3 is 10.6 Å². The number of fused-ring (bicyclic) bond motifs is 1. The lowest BCUT2D eigenvalue weighted by molar-refractivity contribution is 0.0581. The summed E-state index contributed by atoms with van der Waals surface area (Å²) in [5.74, 6) is 0.713. The van der Waals surface area contributed by atoms with Gasteiger partial charge in [-0.15, -0.1) is 0 Å². The smallest absolute Gasteiger partial charge is 0.255 e. The number of halogens is 1. The first-order valence-electron chi connectivity index (χ1n) is 12.5. The number of nitrogens with two attached hydrogens (primary N) is 1. The number of nitrogens with zero attached hydrogens (tertiary/aromatic N) is 4. The summed E-state index contributed by atoms with van der Waals surface area (Å²) in [6, 6.07) is 10.5. The van der Waals surface area contributed by atoms with Gasteiger partial charge in [-0.2, -0.15) is 5.10 Å². The molecule has 0 saturated heterocycles. The van der Waals surface area contributed by atoms with Crippen LogP contribution in [0.1, 0.15) is 74.3 Å². The largest absolute Gasteiger partial charge is 0.335 e. The topological polar surface area (TPSA) is 77.0 Å². The zero-order chi connectivity index (χ0) is 23.9. The fourth-order valence-electron chi connectivity index (χ4n) is 5.47. The van der Waals surface area contributed by atoms with Crippen LogP contribution >= 0.6 is 11.6 Å². The lowest BCUT2D eigenvalue weighted by Crippen LogP contribution is -2.48. The molecule has 2 heterocycles. The Morgan fingerprint density at radius 1 is 1.21 bits per heavy atom. The molecule has 2 aliphatic carbocycles. The highest BCUT2D eigenvalue weighted by atomic mass is 35.5. The Bertz CT molecular complexity index is 1180. The molecule has 0 spiro atoms. The van der Waals surface area contributed by atoms with Gasteiger partial charge in [0.25, 0.3) is 5.91 Å². The van der Waals surface area contributed by atoms with Gasteiger partial charge in [0.1, 0.15) is 0 Å². The number of aromatic nitrogens is 3. The molecule has 180 valence electrons. The summed E-state index contributed by atoms with van der Waals surface area (Å²) in [4.78, 5) is 20.5. The van der Waals surface area contributed by atoms with Gasteiger partial charge in [-0.1, -0.05) is 23.7 Å². The molecule has 0 aliphatic heterocycles. The number of hydrogen-bond donors (Lipinski definition) is 1. The van der Waals surface area contributed by atoms with E-state index in [1.807, 2.05) is 29.1 Å². The first kappa shape index (κ1) is 23.3. The molecule has 2 saturated carbocycles. The Morgan fingerprint density at radius 3 is 2.62 bits per heavy atom. The summed E-state index contributed by atoms with van der Waals surface area (Å²) in [6.07, 6.45) is 9.78. The van der Waals surface area contributed by atoms with E-state index in [1.165, 1.54) is 18.4 Å². The average Bonchev–Trinajstić information content (AvgIpc) is 3.57. The van der Waals surface area contributed by atoms with Crippen molar-refractivity contribution in [3.63, 3.8) is 0 Å². The van der Waals surface area contributed by atoms with E-state index in [4.69, 9.17) is 17.3 Å². The number of rotatable bonds is 7. The van der Waals surface area contributed by atoms with Gasteiger partial charge in [0.05, 0.1) is 11.8 Å². The quantitative estimate of drug-likeness (QED) is 0.495. The SMILES string of the molecule is CC(C)n1ncc2cc(C(=O)N(CC3CC3)[C@H]3CC[C@](CN)(c4cccc(Cl)c4)CC3)cnc21. The molecule has 2 aromatic heterocycles. The van der Waals surface area contributed by atoms with Gasteiger partial charge in [0, 0.05) is 47.2 Å². The minimum Gasteiger partial charge on any atom is -0.335 e. The number of amides is 1. The van der Waals surface area contributed by atoms with Crippen molar-refractivity contribution in [3.8, 4) is 0 Å². The van der Waals surface area contributed by atoms with Gasteiger partial charge in [-0.3, -0.25) is 4.79 Å². The van der Waals surface area contributed by atoms with Crippen LogP contribution in [-0.4, -0.2) is 44.7 Å². The molecule has 0 bridgehead atoms. The molecule has 0 unspecified atom stereocenters. The van der Waals surface area contributed by atoms with Crippen LogP contribution in [-0.2, 0) is 5.41 Å². The van der Waals surface area contributed by atoms with Crippen molar-refractivity contribution in [1.82, 2.24) is 19.7 Å². The van der Waals surface area contributed by atoms with Crippen molar-refractivity contribution in [2.75, 3.05) is 13.1 Å². The van der Waals surface area contributed by atoms with Gasteiger partial charge in [0.15, 0.2) is 5.65 Å². The predicted molar refractivity (Wildman–Crippen MR) is 136 cm³/mol. The maximum absolute atomic E-state index is 13.8. The van der Waals surface area contributed by atoms with E-state index >= 15 is 0 Å². The molecule has 0 atom stereocenters. The number of benzene rings is 1. The molecular formula is C27H34ClN5O. The van der Waals surface area contributed by atoms with E-state index in [2.05, 4.69) is 41.0 Å². The zero-order valence-corrected chi connectivity index (χ0v) is 20.8. The Labute approximate surface area is 206 Å².